The Labute approximate surface area is 89.4 Å². The molecule has 3 nitrogen and oxygen atoms in total. The minimum atomic E-state index is -0.499. The smallest absolute Gasteiger partial charge is 0.0991 e. The highest BCUT2D eigenvalue weighted by Crippen LogP contribution is 2.23. The molecule has 2 rings (SSSR count). The van der Waals surface area contributed by atoms with Gasteiger partial charge in [-0.25, -0.2) is 0 Å². The van der Waals surface area contributed by atoms with Gasteiger partial charge >= 0.3 is 0 Å². The third kappa shape index (κ3) is 2.17. The molecule has 2 atom stereocenters. The van der Waals surface area contributed by atoms with Crippen LogP contribution in [0.5, 0.6) is 0 Å². The fraction of sp³-hybridized carbons (Fsp3) is 0.417. The zero-order valence-electron chi connectivity index (χ0n) is 8.48. The number of aliphatic hydroxyl groups excluding tert-OH is 1. The van der Waals surface area contributed by atoms with Gasteiger partial charge in [0.2, 0.25) is 0 Å². The van der Waals surface area contributed by atoms with Crippen LogP contribution in [-0.4, -0.2) is 17.7 Å². The van der Waals surface area contributed by atoms with Crippen molar-refractivity contribution >= 4 is 0 Å². The molecule has 0 saturated carbocycles. The number of benzene rings is 1. The van der Waals surface area contributed by atoms with Crippen LogP contribution >= 0.6 is 0 Å². The highest BCUT2D eigenvalue weighted by atomic mass is 16.3. The maximum Gasteiger partial charge on any atom is 0.0991 e. The maximum atomic E-state index is 10.1. The Morgan fingerprint density at radius 3 is 3.07 bits per heavy atom. The van der Waals surface area contributed by atoms with Crippen LogP contribution in [0.1, 0.15) is 30.1 Å². The summed E-state index contributed by atoms with van der Waals surface area (Å²) in [6, 6.07) is 9.40. The van der Waals surface area contributed by atoms with Crippen molar-refractivity contribution in [2.75, 3.05) is 6.54 Å². The van der Waals surface area contributed by atoms with Crippen LogP contribution in [0, 0.1) is 11.3 Å². The Balaban J connectivity index is 2.17. The molecule has 0 bridgehead atoms. The average molecular weight is 202 g/mol. The van der Waals surface area contributed by atoms with Gasteiger partial charge in [0.05, 0.1) is 17.7 Å². The first kappa shape index (κ1) is 10.2. The fourth-order valence-electron chi connectivity index (χ4n) is 2.01. The predicted octanol–water partition coefficient (Wildman–Crippen LogP) is 1.34. The first-order valence-corrected chi connectivity index (χ1v) is 5.23. The van der Waals surface area contributed by atoms with Gasteiger partial charge in [0.1, 0.15) is 0 Å². The fourth-order valence-corrected chi connectivity index (χ4v) is 2.01. The van der Waals surface area contributed by atoms with Crippen molar-refractivity contribution < 1.29 is 5.11 Å². The molecule has 0 aromatic heterocycles. The first-order valence-electron chi connectivity index (χ1n) is 5.23. The van der Waals surface area contributed by atoms with E-state index in [1.807, 2.05) is 12.1 Å². The summed E-state index contributed by atoms with van der Waals surface area (Å²) in [4.78, 5) is 0. The van der Waals surface area contributed by atoms with Crippen LogP contribution in [0.15, 0.2) is 24.3 Å². The molecule has 78 valence electrons. The van der Waals surface area contributed by atoms with Crippen molar-refractivity contribution in [1.29, 1.82) is 5.26 Å². The van der Waals surface area contributed by atoms with Gasteiger partial charge in [-0.15, -0.1) is 0 Å². The molecule has 1 aromatic carbocycles. The summed E-state index contributed by atoms with van der Waals surface area (Å²) < 4.78 is 0. The SMILES string of the molecule is N#Cc1cccc(C(O)C2CCCN2)c1. The minimum Gasteiger partial charge on any atom is -0.387 e. The average Bonchev–Trinajstić information content (AvgIpc) is 2.81. The van der Waals surface area contributed by atoms with Crippen molar-refractivity contribution in [3.05, 3.63) is 35.4 Å². The van der Waals surface area contributed by atoms with Gasteiger partial charge in [-0.2, -0.15) is 5.26 Å². The van der Waals surface area contributed by atoms with E-state index in [4.69, 9.17) is 5.26 Å². The van der Waals surface area contributed by atoms with E-state index in [0.29, 0.717) is 5.56 Å². The van der Waals surface area contributed by atoms with Gasteiger partial charge < -0.3 is 10.4 Å². The molecule has 1 saturated heterocycles. The highest BCUT2D eigenvalue weighted by Gasteiger charge is 2.23. The number of hydrogen-bond donors (Lipinski definition) is 2. The van der Waals surface area contributed by atoms with E-state index in [1.54, 1.807) is 12.1 Å². The Kier molecular flexibility index (Phi) is 3.00. The van der Waals surface area contributed by atoms with Crippen molar-refractivity contribution in [1.82, 2.24) is 5.32 Å². The lowest BCUT2D eigenvalue weighted by Crippen LogP contribution is -2.28. The summed E-state index contributed by atoms with van der Waals surface area (Å²) in [7, 11) is 0. The summed E-state index contributed by atoms with van der Waals surface area (Å²) >= 11 is 0. The Hall–Kier alpha value is -1.37. The standard InChI is InChI=1S/C12H14N2O/c13-8-9-3-1-4-10(7-9)12(15)11-5-2-6-14-11/h1,3-4,7,11-12,14-15H,2,5-6H2. The zero-order chi connectivity index (χ0) is 10.7. The van der Waals surface area contributed by atoms with E-state index in [9.17, 15) is 5.11 Å². The van der Waals surface area contributed by atoms with Crippen LogP contribution in [0.3, 0.4) is 0 Å². The number of nitrogens with one attached hydrogen (secondary N) is 1. The van der Waals surface area contributed by atoms with Crippen LogP contribution < -0.4 is 5.32 Å². The molecule has 1 aliphatic heterocycles. The van der Waals surface area contributed by atoms with Crippen molar-refractivity contribution in [3.63, 3.8) is 0 Å². The van der Waals surface area contributed by atoms with Gasteiger partial charge in [0.25, 0.3) is 0 Å². The van der Waals surface area contributed by atoms with Crippen LogP contribution in [0.4, 0.5) is 0 Å². The molecule has 0 amide bonds. The molecule has 2 N–H and O–H groups in total. The summed E-state index contributed by atoms with van der Waals surface area (Å²) in [5.41, 5.74) is 1.43. The predicted molar refractivity (Wildman–Crippen MR) is 57.1 cm³/mol. The third-order valence-electron chi connectivity index (χ3n) is 2.84. The van der Waals surface area contributed by atoms with Crippen LogP contribution in [0.2, 0.25) is 0 Å². The lowest BCUT2D eigenvalue weighted by atomic mass is 9.99. The molecule has 0 spiro atoms. The molecule has 1 aromatic rings. The second-order valence-electron chi connectivity index (χ2n) is 3.88. The quantitative estimate of drug-likeness (QED) is 0.761. The third-order valence-corrected chi connectivity index (χ3v) is 2.84. The largest absolute Gasteiger partial charge is 0.387 e. The van der Waals surface area contributed by atoms with Crippen molar-refractivity contribution in [2.24, 2.45) is 0 Å². The molecular weight excluding hydrogens is 188 g/mol. The molecule has 0 aliphatic carbocycles. The zero-order valence-corrected chi connectivity index (χ0v) is 8.48. The topological polar surface area (TPSA) is 56.0 Å². The van der Waals surface area contributed by atoms with Gasteiger partial charge in [0, 0.05) is 6.04 Å². The first-order chi connectivity index (χ1) is 7.31. The molecule has 1 heterocycles. The molecule has 1 fully saturated rings. The van der Waals surface area contributed by atoms with Gasteiger partial charge in [-0.05, 0) is 37.1 Å². The van der Waals surface area contributed by atoms with Gasteiger partial charge in [0.15, 0.2) is 0 Å². The maximum absolute atomic E-state index is 10.1. The number of aliphatic hydroxyl groups is 1. The summed E-state index contributed by atoms with van der Waals surface area (Å²) in [5, 5.41) is 22.1. The van der Waals surface area contributed by atoms with Gasteiger partial charge in [-0.3, -0.25) is 0 Å². The summed E-state index contributed by atoms with van der Waals surface area (Å²) in [6.07, 6.45) is 1.61. The normalized spacial score (nSPS) is 22.3. The summed E-state index contributed by atoms with van der Waals surface area (Å²) in [5.74, 6) is 0. The van der Waals surface area contributed by atoms with E-state index < -0.39 is 6.10 Å². The minimum absolute atomic E-state index is 0.138. The number of rotatable bonds is 2. The summed E-state index contributed by atoms with van der Waals surface area (Å²) in [6.45, 7) is 0.972. The Morgan fingerprint density at radius 2 is 2.40 bits per heavy atom. The van der Waals surface area contributed by atoms with E-state index in [2.05, 4.69) is 11.4 Å². The van der Waals surface area contributed by atoms with E-state index in [1.165, 1.54) is 0 Å². The van der Waals surface area contributed by atoms with Crippen molar-refractivity contribution in [2.45, 2.75) is 25.0 Å². The molecule has 3 heteroatoms. The van der Waals surface area contributed by atoms with E-state index in [0.717, 1.165) is 24.9 Å². The molecular formula is C12H14N2O. The highest BCUT2D eigenvalue weighted by molar-refractivity contribution is 5.34. The molecule has 1 aliphatic rings. The Bertz CT molecular complexity index is 377. The second kappa shape index (κ2) is 4.43. The lowest BCUT2D eigenvalue weighted by Gasteiger charge is -2.18. The number of hydrogen-bond acceptors (Lipinski definition) is 3. The molecule has 15 heavy (non-hydrogen) atoms. The van der Waals surface area contributed by atoms with E-state index >= 15 is 0 Å². The molecule has 2 unspecified atom stereocenters. The second-order valence-corrected chi connectivity index (χ2v) is 3.88. The molecule has 0 radical (unpaired) electrons. The van der Waals surface area contributed by atoms with Gasteiger partial charge in [-0.1, -0.05) is 12.1 Å². The number of nitriles is 1. The monoisotopic (exact) mass is 202 g/mol. The van der Waals surface area contributed by atoms with Crippen molar-refractivity contribution in [3.8, 4) is 6.07 Å². The van der Waals surface area contributed by atoms with E-state index in [-0.39, 0.29) is 6.04 Å². The lowest BCUT2D eigenvalue weighted by molar-refractivity contribution is 0.137. The van der Waals surface area contributed by atoms with Crippen LogP contribution in [0.25, 0.3) is 0 Å². The number of nitrogens with zero attached hydrogens (tertiary/aromatic N) is 1. The Morgan fingerprint density at radius 1 is 1.53 bits per heavy atom. The van der Waals surface area contributed by atoms with Crippen LogP contribution in [-0.2, 0) is 0 Å².